The van der Waals surface area contributed by atoms with Crippen LogP contribution >= 0.6 is 11.8 Å². The monoisotopic (exact) mass is 362 g/mol. The highest BCUT2D eigenvalue weighted by Gasteiger charge is 2.54. The van der Waals surface area contributed by atoms with E-state index in [1.165, 1.54) is 12.1 Å². The van der Waals surface area contributed by atoms with Gasteiger partial charge in [0.2, 0.25) is 11.3 Å². The molecular formula is C14H13F7OS. The minimum Gasteiger partial charge on any atom is -0.282 e. The molecule has 0 heterocycles. The fourth-order valence-electron chi connectivity index (χ4n) is 1.62. The Morgan fingerprint density at radius 3 is 2.13 bits per heavy atom. The van der Waals surface area contributed by atoms with Crippen molar-refractivity contribution in [2.45, 2.75) is 37.3 Å². The van der Waals surface area contributed by atoms with E-state index in [1.807, 2.05) is 0 Å². The van der Waals surface area contributed by atoms with Gasteiger partial charge in [-0.15, -0.1) is 0 Å². The second kappa shape index (κ2) is 8.56. The Hall–Kier alpha value is -1.25. The molecule has 0 aromatic heterocycles. The molecule has 130 valence electrons. The first-order chi connectivity index (χ1) is 10.7. The molecule has 0 radical (unpaired) electrons. The lowest BCUT2D eigenvalue weighted by atomic mass is 10.0. The van der Waals surface area contributed by atoms with Crippen LogP contribution in [0, 0.1) is 0 Å². The Bertz CT molecular complexity index is 497. The van der Waals surface area contributed by atoms with Gasteiger partial charge in [-0.25, -0.2) is 30.7 Å². The maximum atomic E-state index is 13.4. The van der Waals surface area contributed by atoms with Crippen molar-refractivity contribution in [3.8, 4) is 0 Å². The van der Waals surface area contributed by atoms with Crippen LogP contribution in [-0.2, 0) is 0 Å². The molecule has 0 fully saturated rings. The molecule has 0 saturated carbocycles. The predicted molar refractivity (Wildman–Crippen MR) is 73.5 cm³/mol. The summed E-state index contributed by atoms with van der Waals surface area (Å²) in [6, 6.07) is 7.71. The zero-order valence-electron chi connectivity index (χ0n) is 11.6. The average Bonchev–Trinajstić information content (AvgIpc) is 2.53. The molecule has 1 nitrogen and oxygen atoms in total. The lowest BCUT2D eigenvalue weighted by Crippen LogP contribution is -2.47. The van der Waals surface area contributed by atoms with E-state index < -0.39 is 48.2 Å². The molecule has 0 bridgehead atoms. The van der Waals surface area contributed by atoms with Crippen molar-refractivity contribution < 1.29 is 35.5 Å². The van der Waals surface area contributed by atoms with Gasteiger partial charge >= 0.3 is 5.92 Å². The summed E-state index contributed by atoms with van der Waals surface area (Å²) >= 11 is 0.524. The van der Waals surface area contributed by atoms with E-state index in [-0.39, 0.29) is 5.56 Å². The van der Waals surface area contributed by atoms with Gasteiger partial charge in [-0.05, 0) is 6.42 Å². The Balaban J connectivity index is 2.52. The number of alkyl halides is 7. The maximum Gasteiger partial charge on any atom is 0.312 e. The minimum absolute atomic E-state index is 0.268. The van der Waals surface area contributed by atoms with Gasteiger partial charge < -0.3 is 0 Å². The fraction of sp³-hybridized carbons (Fsp3) is 0.500. The standard InChI is InChI=1S/C14H13F7OS/c15-9(14(20,21)11(17)10(16)12(18)19)6-7-23-13(22)8-4-2-1-3-5-8/h1-5,9-12H,6-7H2. The quantitative estimate of drug-likeness (QED) is 0.614. The van der Waals surface area contributed by atoms with E-state index in [9.17, 15) is 35.5 Å². The zero-order valence-corrected chi connectivity index (χ0v) is 12.4. The van der Waals surface area contributed by atoms with E-state index in [0.717, 1.165) is 0 Å². The fourth-order valence-corrected chi connectivity index (χ4v) is 2.43. The van der Waals surface area contributed by atoms with Gasteiger partial charge in [-0.2, -0.15) is 0 Å². The largest absolute Gasteiger partial charge is 0.312 e. The van der Waals surface area contributed by atoms with Gasteiger partial charge in [0.15, 0.2) is 12.3 Å². The molecule has 0 saturated heterocycles. The van der Waals surface area contributed by atoms with Crippen molar-refractivity contribution in [1.82, 2.24) is 0 Å². The number of halogens is 7. The van der Waals surface area contributed by atoms with Crippen molar-refractivity contribution in [3.63, 3.8) is 0 Å². The third-order valence-electron chi connectivity index (χ3n) is 2.92. The molecule has 1 aromatic rings. The third kappa shape index (κ3) is 5.40. The minimum atomic E-state index is -4.90. The highest BCUT2D eigenvalue weighted by Crippen LogP contribution is 2.35. The molecule has 3 unspecified atom stereocenters. The third-order valence-corrected chi connectivity index (χ3v) is 3.86. The number of carbonyl (C=O) groups is 1. The zero-order chi connectivity index (χ0) is 17.6. The summed E-state index contributed by atoms with van der Waals surface area (Å²) in [7, 11) is 0. The second-order valence-corrected chi connectivity index (χ2v) is 5.68. The first kappa shape index (κ1) is 19.8. The molecule has 0 aliphatic heterocycles. The van der Waals surface area contributed by atoms with Crippen molar-refractivity contribution in [2.75, 3.05) is 5.75 Å². The highest BCUT2D eigenvalue weighted by atomic mass is 32.2. The number of hydrogen-bond acceptors (Lipinski definition) is 2. The summed E-state index contributed by atoms with van der Waals surface area (Å²) < 4.78 is 89.3. The van der Waals surface area contributed by atoms with Crippen LogP contribution in [0.1, 0.15) is 16.8 Å². The van der Waals surface area contributed by atoms with E-state index in [4.69, 9.17) is 0 Å². The molecular weight excluding hydrogens is 349 g/mol. The lowest BCUT2D eigenvalue weighted by Gasteiger charge is -2.25. The number of thioether (sulfide) groups is 1. The van der Waals surface area contributed by atoms with Gasteiger partial charge in [-0.1, -0.05) is 42.1 Å². The maximum absolute atomic E-state index is 13.4. The lowest BCUT2D eigenvalue weighted by molar-refractivity contribution is -0.164. The molecule has 3 atom stereocenters. The van der Waals surface area contributed by atoms with E-state index in [0.29, 0.717) is 11.8 Å². The Kier molecular flexibility index (Phi) is 7.37. The van der Waals surface area contributed by atoms with Crippen LogP contribution in [0.5, 0.6) is 0 Å². The first-order valence-electron chi connectivity index (χ1n) is 6.48. The second-order valence-electron chi connectivity index (χ2n) is 4.61. The number of carbonyl (C=O) groups excluding carboxylic acids is 1. The molecule has 0 aliphatic rings. The molecule has 0 N–H and O–H groups in total. The van der Waals surface area contributed by atoms with Crippen molar-refractivity contribution in [3.05, 3.63) is 35.9 Å². The normalized spacial score (nSPS) is 16.2. The van der Waals surface area contributed by atoms with Crippen molar-refractivity contribution >= 4 is 16.9 Å². The van der Waals surface area contributed by atoms with Crippen LogP contribution in [0.3, 0.4) is 0 Å². The van der Waals surface area contributed by atoms with Crippen LogP contribution in [0.4, 0.5) is 30.7 Å². The summed E-state index contributed by atoms with van der Waals surface area (Å²) in [5.41, 5.74) is 0.268. The molecule has 9 heteroatoms. The number of rotatable bonds is 8. The summed E-state index contributed by atoms with van der Waals surface area (Å²) in [6.07, 6.45) is -15.9. The Labute approximate surface area is 132 Å². The van der Waals surface area contributed by atoms with Crippen LogP contribution < -0.4 is 0 Å². The van der Waals surface area contributed by atoms with Crippen molar-refractivity contribution in [2.24, 2.45) is 0 Å². The van der Waals surface area contributed by atoms with E-state index >= 15 is 0 Å². The van der Waals surface area contributed by atoms with E-state index in [1.54, 1.807) is 18.2 Å². The van der Waals surface area contributed by atoms with Crippen molar-refractivity contribution in [1.29, 1.82) is 0 Å². The average molecular weight is 362 g/mol. The van der Waals surface area contributed by atoms with Crippen LogP contribution in [-0.4, -0.2) is 41.7 Å². The van der Waals surface area contributed by atoms with Crippen LogP contribution in [0.15, 0.2) is 30.3 Å². The molecule has 23 heavy (non-hydrogen) atoms. The summed E-state index contributed by atoms with van der Waals surface area (Å²) in [6.45, 7) is 0. The van der Waals surface area contributed by atoms with Gasteiger partial charge in [0.1, 0.15) is 0 Å². The Morgan fingerprint density at radius 1 is 1.04 bits per heavy atom. The smallest absolute Gasteiger partial charge is 0.282 e. The summed E-state index contributed by atoms with van der Waals surface area (Å²) in [4.78, 5) is 11.6. The highest BCUT2D eigenvalue weighted by molar-refractivity contribution is 8.14. The summed E-state index contributed by atoms with van der Waals surface area (Å²) in [5.74, 6) is -5.32. The van der Waals surface area contributed by atoms with Gasteiger partial charge in [-0.3, -0.25) is 4.79 Å². The first-order valence-corrected chi connectivity index (χ1v) is 7.46. The molecule has 1 aromatic carbocycles. The molecule has 0 amide bonds. The van der Waals surface area contributed by atoms with E-state index in [2.05, 4.69) is 0 Å². The number of benzene rings is 1. The van der Waals surface area contributed by atoms with Gasteiger partial charge in [0.05, 0.1) is 0 Å². The Morgan fingerprint density at radius 2 is 1.61 bits per heavy atom. The van der Waals surface area contributed by atoms with Crippen LogP contribution in [0.2, 0.25) is 0 Å². The summed E-state index contributed by atoms with van der Waals surface area (Å²) in [5, 5.41) is -0.506. The molecule has 0 spiro atoms. The molecule has 1 rings (SSSR count). The SMILES string of the molecule is O=C(SCCC(F)C(F)(F)C(F)C(F)C(F)F)c1ccccc1. The number of hydrogen-bond donors (Lipinski definition) is 0. The molecule has 0 aliphatic carbocycles. The van der Waals surface area contributed by atoms with Gasteiger partial charge in [0.25, 0.3) is 6.43 Å². The van der Waals surface area contributed by atoms with Gasteiger partial charge in [0, 0.05) is 11.3 Å². The van der Waals surface area contributed by atoms with Crippen LogP contribution in [0.25, 0.3) is 0 Å². The topological polar surface area (TPSA) is 17.1 Å². The predicted octanol–water partition coefficient (Wildman–Crippen LogP) is 4.86.